The van der Waals surface area contributed by atoms with Crippen LogP contribution in [0.2, 0.25) is 5.02 Å². The Kier molecular flexibility index (Phi) is 7.26. The fourth-order valence-electron chi connectivity index (χ4n) is 1.89. The molecule has 1 N–H and O–H groups in total. The maximum atomic E-state index is 12.6. The standard InChI is InChI=1S/C13H22ClN3O2S2/c1-5-10(9-20-4)17(3)21(18,19)11-7-12(14)13(15-6-2)16-8-11/h7-8,10H,5-6,9H2,1-4H3,(H,15,16). The number of pyridine rings is 1. The number of anilines is 1. The van der Waals surface area contributed by atoms with Gasteiger partial charge in [-0.25, -0.2) is 13.4 Å². The minimum Gasteiger partial charge on any atom is -0.369 e. The van der Waals surface area contributed by atoms with Crippen molar-refractivity contribution in [3.8, 4) is 0 Å². The van der Waals surface area contributed by atoms with E-state index in [4.69, 9.17) is 11.6 Å². The Morgan fingerprint density at radius 3 is 2.62 bits per heavy atom. The van der Waals surface area contributed by atoms with Gasteiger partial charge in [0.25, 0.3) is 0 Å². The molecule has 5 nitrogen and oxygen atoms in total. The molecule has 0 spiro atoms. The van der Waals surface area contributed by atoms with Gasteiger partial charge in [-0.2, -0.15) is 16.1 Å². The average Bonchev–Trinajstić information content (AvgIpc) is 2.46. The Bertz CT molecular complexity index is 567. The minimum absolute atomic E-state index is 0.0442. The Labute approximate surface area is 136 Å². The summed E-state index contributed by atoms with van der Waals surface area (Å²) in [6, 6.07) is 1.40. The van der Waals surface area contributed by atoms with Gasteiger partial charge in [0.1, 0.15) is 10.7 Å². The normalized spacial score (nSPS) is 13.4. The summed E-state index contributed by atoms with van der Waals surface area (Å²) in [5, 5.41) is 3.29. The first-order valence-corrected chi connectivity index (χ1v) is 9.96. The highest BCUT2D eigenvalue weighted by atomic mass is 35.5. The largest absolute Gasteiger partial charge is 0.369 e. The third-order valence-electron chi connectivity index (χ3n) is 3.18. The fraction of sp³-hybridized carbons (Fsp3) is 0.615. The van der Waals surface area contributed by atoms with E-state index >= 15 is 0 Å². The van der Waals surface area contributed by atoms with Gasteiger partial charge in [0.2, 0.25) is 10.0 Å². The van der Waals surface area contributed by atoms with E-state index in [-0.39, 0.29) is 10.9 Å². The summed E-state index contributed by atoms with van der Waals surface area (Å²) in [4.78, 5) is 4.22. The number of rotatable bonds is 8. The molecule has 0 radical (unpaired) electrons. The molecule has 0 bridgehead atoms. The second-order valence-electron chi connectivity index (χ2n) is 4.57. The summed E-state index contributed by atoms with van der Waals surface area (Å²) in [5.41, 5.74) is 0. The van der Waals surface area contributed by atoms with Crippen LogP contribution in [0.25, 0.3) is 0 Å². The molecule has 0 aliphatic rings. The number of nitrogens with one attached hydrogen (secondary N) is 1. The molecule has 1 rings (SSSR count). The van der Waals surface area contributed by atoms with Crippen molar-refractivity contribution in [1.29, 1.82) is 0 Å². The zero-order valence-corrected chi connectivity index (χ0v) is 15.1. The Morgan fingerprint density at radius 1 is 1.48 bits per heavy atom. The predicted molar refractivity (Wildman–Crippen MR) is 90.8 cm³/mol. The van der Waals surface area contributed by atoms with E-state index in [1.54, 1.807) is 18.8 Å². The highest BCUT2D eigenvalue weighted by molar-refractivity contribution is 7.98. The van der Waals surface area contributed by atoms with E-state index < -0.39 is 10.0 Å². The van der Waals surface area contributed by atoms with Crippen LogP contribution >= 0.6 is 23.4 Å². The highest BCUT2D eigenvalue weighted by Gasteiger charge is 2.27. The lowest BCUT2D eigenvalue weighted by Crippen LogP contribution is -2.38. The van der Waals surface area contributed by atoms with Crippen molar-refractivity contribution in [2.75, 3.05) is 30.9 Å². The lowest BCUT2D eigenvalue weighted by molar-refractivity contribution is 0.385. The van der Waals surface area contributed by atoms with Crippen LogP contribution in [-0.4, -0.2) is 49.3 Å². The van der Waals surface area contributed by atoms with Gasteiger partial charge < -0.3 is 5.32 Å². The van der Waals surface area contributed by atoms with Gasteiger partial charge >= 0.3 is 0 Å². The first kappa shape index (κ1) is 18.5. The van der Waals surface area contributed by atoms with E-state index in [0.717, 1.165) is 12.2 Å². The van der Waals surface area contributed by atoms with Gasteiger partial charge in [0.05, 0.1) is 5.02 Å². The fourth-order valence-corrected chi connectivity index (χ4v) is 4.53. The molecule has 0 saturated heterocycles. The van der Waals surface area contributed by atoms with E-state index in [1.165, 1.54) is 16.6 Å². The maximum Gasteiger partial charge on any atom is 0.244 e. The SMILES string of the molecule is CCNc1ncc(S(=O)(=O)N(C)C(CC)CSC)cc1Cl. The van der Waals surface area contributed by atoms with Crippen LogP contribution in [0.15, 0.2) is 17.2 Å². The summed E-state index contributed by atoms with van der Waals surface area (Å²) in [7, 11) is -1.98. The molecule has 0 saturated carbocycles. The van der Waals surface area contributed by atoms with Gasteiger partial charge in [0.15, 0.2) is 0 Å². The number of sulfonamides is 1. The average molecular weight is 352 g/mol. The number of thioether (sulfide) groups is 1. The predicted octanol–water partition coefficient (Wildman–Crippen LogP) is 2.93. The lowest BCUT2D eigenvalue weighted by Gasteiger charge is -2.26. The molecule has 1 heterocycles. The van der Waals surface area contributed by atoms with Crippen molar-refractivity contribution in [2.45, 2.75) is 31.2 Å². The van der Waals surface area contributed by atoms with Crippen LogP contribution in [-0.2, 0) is 10.0 Å². The molecule has 0 aliphatic heterocycles. The quantitative estimate of drug-likeness (QED) is 0.780. The van der Waals surface area contributed by atoms with Crippen molar-refractivity contribution < 1.29 is 8.42 Å². The summed E-state index contributed by atoms with van der Waals surface area (Å²) < 4.78 is 26.7. The van der Waals surface area contributed by atoms with Crippen molar-refractivity contribution in [3.63, 3.8) is 0 Å². The van der Waals surface area contributed by atoms with Gasteiger partial charge in [-0.15, -0.1) is 0 Å². The summed E-state index contributed by atoms with van der Waals surface area (Å²) in [6.07, 6.45) is 4.07. The van der Waals surface area contributed by atoms with Crippen LogP contribution < -0.4 is 5.32 Å². The van der Waals surface area contributed by atoms with E-state index in [9.17, 15) is 8.42 Å². The molecule has 120 valence electrons. The third kappa shape index (κ3) is 4.48. The van der Waals surface area contributed by atoms with Gasteiger partial charge in [0, 0.05) is 31.6 Å². The highest BCUT2D eigenvalue weighted by Crippen LogP contribution is 2.25. The van der Waals surface area contributed by atoms with Crippen LogP contribution in [0.3, 0.4) is 0 Å². The third-order valence-corrected chi connectivity index (χ3v) is 6.06. The Morgan fingerprint density at radius 2 is 2.14 bits per heavy atom. The van der Waals surface area contributed by atoms with E-state index in [1.807, 2.05) is 20.1 Å². The summed E-state index contributed by atoms with van der Waals surface area (Å²) >= 11 is 7.71. The molecule has 1 unspecified atom stereocenters. The second-order valence-corrected chi connectivity index (χ2v) is 7.89. The van der Waals surface area contributed by atoms with Crippen LogP contribution in [0.5, 0.6) is 0 Å². The number of hydrogen-bond donors (Lipinski definition) is 1. The monoisotopic (exact) mass is 351 g/mol. The van der Waals surface area contributed by atoms with Gasteiger partial charge in [-0.3, -0.25) is 0 Å². The molecule has 0 fully saturated rings. The second kappa shape index (κ2) is 8.22. The van der Waals surface area contributed by atoms with Crippen LogP contribution in [0.1, 0.15) is 20.3 Å². The van der Waals surface area contributed by atoms with Gasteiger partial charge in [-0.05, 0) is 25.7 Å². The first-order chi connectivity index (χ1) is 9.88. The van der Waals surface area contributed by atoms with E-state index in [0.29, 0.717) is 17.4 Å². The van der Waals surface area contributed by atoms with E-state index in [2.05, 4.69) is 10.3 Å². The molecular weight excluding hydrogens is 330 g/mol. The zero-order chi connectivity index (χ0) is 16.0. The number of hydrogen-bond acceptors (Lipinski definition) is 5. The van der Waals surface area contributed by atoms with Crippen LogP contribution in [0, 0.1) is 0 Å². The van der Waals surface area contributed by atoms with Crippen molar-refractivity contribution >= 4 is 39.2 Å². The smallest absolute Gasteiger partial charge is 0.244 e. The number of halogens is 1. The maximum absolute atomic E-state index is 12.6. The molecule has 0 aromatic carbocycles. The molecule has 21 heavy (non-hydrogen) atoms. The summed E-state index contributed by atoms with van der Waals surface area (Å²) in [5.74, 6) is 1.25. The Hall–Kier alpha value is -0.500. The molecule has 8 heteroatoms. The Balaban J connectivity index is 3.09. The minimum atomic E-state index is -3.58. The topological polar surface area (TPSA) is 62.3 Å². The van der Waals surface area contributed by atoms with Crippen LogP contribution in [0.4, 0.5) is 5.82 Å². The lowest BCUT2D eigenvalue weighted by atomic mass is 10.3. The van der Waals surface area contributed by atoms with Gasteiger partial charge in [-0.1, -0.05) is 18.5 Å². The first-order valence-electron chi connectivity index (χ1n) is 6.74. The molecule has 1 aromatic rings. The number of aromatic nitrogens is 1. The summed E-state index contributed by atoms with van der Waals surface area (Å²) in [6.45, 7) is 4.57. The molecule has 0 aliphatic carbocycles. The van der Waals surface area contributed by atoms with Crippen molar-refractivity contribution in [3.05, 3.63) is 17.3 Å². The molecule has 1 aromatic heterocycles. The number of nitrogens with zero attached hydrogens (tertiary/aromatic N) is 2. The molecular formula is C13H22ClN3O2S2. The molecule has 0 amide bonds. The zero-order valence-electron chi connectivity index (χ0n) is 12.8. The van der Waals surface area contributed by atoms with Crippen molar-refractivity contribution in [2.24, 2.45) is 0 Å². The molecule has 1 atom stereocenters. The van der Waals surface area contributed by atoms with Crippen molar-refractivity contribution in [1.82, 2.24) is 9.29 Å².